The number of aromatic nitrogens is 1. The van der Waals surface area contributed by atoms with Gasteiger partial charge in [-0.1, -0.05) is 24.3 Å². The quantitative estimate of drug-likeness (QED) is 0.850. The van der Waals surface area contributed by atoms with E-state index in [4.69, 9.17) is 0 Å². The van der Waals surface area contributed by atoms with Crippen LogP contribution in [-0.2, 0) is 18.4 Å². The maximum Gasteiger partial charge on any atom is 0.308 e. The number of carbonyl (C=O) groups is 2. The fourth-order valence-corrected chi connectivity index (χ4v) is 3.77. The van der Waals surface area contributed by atoms with Crippen molar-refractivity contribution in [1.82, 2.24) is 9.47 Å². The predicted octanol–water partition coefficient (Wildman–Crippen LogP) is 2.84. The normalized spacial score (nSPS) is 20.8. The van der Waals surface area contributed by atoms with Crippen molar-refractivity contribution in [1.29, 1.82) is 0 Å². The van der Waals surface area contributed by atoms with Crippen LogP contribution in [0.2, 0.25) is 0 Å². The summed E-state index contributed by atoms with van der Waals surface area (Å²) in [5.41, 5.74) is 3.98. The SMILES string of the molecule is CC(=O)c1cc(CN2CC(C(=O)O)C(c3ccccc3C)C2)n(C)c1. The van der Waals surface area contributed by atoms with Crippen LogP contribution in [0, 0.1) is 12.8 Å². The molecule has 0 amide bonds. The summed E-state index contributed by atoms with van der Waals surface area (Å²) >= 11 is 0. The summed E-state index contributed by atoms with van der Waals surface area (Å²) in [6.07, 6.45) is 1.83. The van der Waals surface area contributed by atoms with E-state index in [1.54, 1.807) is 6.92 Å². The Morgan fingerprint density at radius 1 is 1.24 bits per heavy atom. The molecule has 1 saturated heterocycles. The number of hydrogen-bond acceptors (Lipinski definition) is 3. The van der Waals surface area contributed by atoms with Crippen LogP contribution >= 0.6 is 0 Å². The molecule has 0 spiro atoms. The van der Waals surface area contributed by atoms with Gasteiger partial charge in [0.2, 0.25) is 0 Å². The van der Waals surface area contributed by atoms with E-state index in [2.05, 4.69) is 4.90 Å². The maximum atomic E-state index is 11.8. The number of aryl methyl sites for hydroxylation is 2. The number of rotatable bonds is 5. The number of likely N-dealkylation sites (tertiary alicyclic amines) is 1. The number of ketones is 1. The summed E-state index contributed by atoms with van der Waals surface area (Å²) in [6, 6.07) is 9.93. The summed E-state index contributed by atoms with van der Waals surface area (Å²) < 4.78 is 1.95. The van der Waals surface area contributed by atoms with Crippen molar-refractivity contribution < 1.29 is 14.7 Å². The summed E-state index contributed by atoms with van der Waals surface area (Å²) in [6.45, 7) is 5.48. The smallest absolute Gasteiger partial charge is 0.308 e. The van der Waals surface area contributed by atoms with Gasteiger partial charge in [0.05, 0.1) is 5.92 Å². The first-order chi connectivity index (χ1) is 11.9. The third-order valence-electron chi connectivity index (χ3n) is 5.20. The van der Waals surface area contributed by atoms with Crippen LogP contribution < -0.4 is 0 Å². The molecule has 1 fully saturated rings. The van der Waals surface area contributed by atoms with E-state index in [1.807, 2.05) is 55.1 Å². The third-order valence-corrected chi connectivity index (χ3v) is 5.20. The van der Waals surface area contributed by atoms with Crippen LogP contribution in [0.15, 0.2) is 36.5 Å². The van der Waals surface area contributed by atoms with Gasteiger partial charge in [0.15, 0.2) is 5.78 Å². The number of nitrogens with zero attached hydrogens (tertiary/aromatic N) is 2. The molecule has 2 unspecified atom stereocenters. The Kier molecular flexibility index (Phi) is 4.77. The molecule has 1 aromatic heterocycles. The fourth-order valence-electron chi connectivity index (χ4n) is 3.77. The van der Waals surface area contributed by atoms with Gasteiger partial charge in [0, 0.05) is 50.1 Å². The minimum absolute atomic E-state index is 0.00811. The molecule has 1 N–H and O–H groups in total. The Morgan fingerprint density at radius 2 is 1.96 bits per heavy atom. The molecule has 0 bridgehead atoms. The highest BCUT2D eigenvalue weighted by atomic mass is 16.4. The molecule has 2 heterocycles. The Balaban J connectivity index is 1.82. The van der Waals surface area contributed by atoms with Crippen molar-refractivity contribution >= 4 is 11.8 Å². The lowest BCUT2D eigenvalue weighted by Crippen LogP contribution is -2.24. The van der Waals surface area contributed by atoms with E-state index in [9.17, 15) is 14.7 Å². The average molecular weight is 340 g/mol. The topological polar surface area (TPSA) is 62.5 Å². The molecule has 5 heteroatoms. The van der Waals surface area contributed by atoms with Gasteiger partial charge in [-0.05, 0) is 31.0 Å². The first-order valence-electron chi connectivity index (χ1n) is 8.53. The highest BCUT2D eigenvalue weighted by Gasteiger charge is 2.39. The summed E-state index contributed by atoms with van der Waals surface area (Å²) in [7, 11) is 1.92. The van der Waals surface area contributed by atoms with Crippen LogP contribution in [-0.4, -0.2) is 39.4 Å². The van der Waals surface area contributed by atoms with Crippen LogP contribution in [0.25, 0.3) is 0 Å². The Morgan fingerprint density at radius 3 is 2.56 bits per heavy atom. The molecule has 3 rings (SSSR count). The van der Waals surface area contributed by atoms with Gasteiger partial charge in [-0.2, -0.15) is 0 Å². The van der Waals surface area contributed by atoms with Crippen molar-refractivity contribution in [2.24, 2.45) is 13.0 Å². The van der Waals surface area contributed by atoms with Gasteiger partial charge in [-0.25, -0.2) is 0 Å². The molecule has 2 atom stereocenters. The third kappa shape index (κ3) is 3.51. The fraction of sp³-hybridized carbons (Fsp3) is 0.400. The molecule has 2 aromatic rings. The molecule has 1 aromatic carbocycles. The molecular formula is C20H24N2O3. The number of carbonyl (C=O) groups excluding carboxylic acids is 1. The molecule has 0 aliphatic carbocycles. The first-order valence-corrected chi connectivity index (χ1v) is 8.53. The van der Waals surface area contributed by atoms with Crippen LogP contribution in [0.4, 0.5) is 0 Å². The van der Waals surface area contributed by atoms with Crippen molar-refractivity contribution in [3.63, 3.8) is 0 Å². The van der Waals surface area contributed by atoms with E-state index in [-0.39, 0.29) is 11.7 Å². The second kappa shape index (κ2) is 6.84. The average Bonchev–Trinajstić information content (AvgIpc) is 3.13. The van der Waals surface area contributed by atoms with Gasteiger partial charge in [-0.15, -0.1) is 0 Å². The number of benzene rings is 1. The second-order valence-corrected chi connectivity index (χ2v) is 6.99. The predicted molar refractivity (Wildman–Crippen MR) is 95.7 cm³/mol. The molecule has 0 radical (unpaired) electrons. The Hall–Kier alpha value is -2.40. The van der Waals surface area contributed by atoms with Gasteiger partial charge < -0.3 is 9.67 Å². The minimum atomic E-state index is -0.743. The maximum absolute atomic E-state index is 11.8. The highest BCUT2D eigenvalue weighted by molar-refractivity contribution is 5.94. The van der Waals surface area contributed by atoms with E-state index in [1.165, 1.54) is 0 Å². The van der Waals surface area contributed by atoms with Crippen LogP contribution in [0.5, 0.6) is 0 Å². The number of carboxylic acids is 1. The lowest BCUT2D eigenvalue weighted by Gasteiger charge is -2.18. The molecule has 1 aliphatic rings. The van der Waals surface area contributed by atoms with E-state index in [0.29, 0.717) is 25.2 Å². The number of Topliss-reactive ketones (excluding diaryl/α,β-unsaturated/α-hetero) is 1. The van der Waals surface area contributed by atoms with Crippen molar-refractivity contribution in [2.45, 2.75) is 26.3 Å². The van der Waals surface area contributed by atoms with Gasteiger partial charge >= 0.3 is 5.97 Å². The summed E-state index contributed by atoms with van der Waals surface area (Å²) in [4.78, 5) is 25.5. The highest BCUT2D eigenvalue weighted by Crippen LogP contribution is 2.35. The molecule has 132 valence electrons. The monoisotopic (exact) mass is 340 g/mol. The zero-order valence-electron chi connectivity index (χ0n) is 14.9. The lowest BCUT2D eigenvalue weighted by atomic mass is 9.86. The second-order valence-electron chi connectivity index (χ2n) is 6.99. The molecule has 5 nitrogen and oxygen atoms in total. The van der Waals surface area contributed by atoms with Gasteiger partial charge in [0.25, 0.3) is 0 Å². The molecule has 0 saturated carbocycles. The first kappa shape index (κ1) is 17.4. The zero-order valence-corrected chi connectivity index (χ0v) is 14.9. The van der Waals surface area contributed by atoms with Crippen LogP contribution in [0.1, 0.15) is 40.0 Å². The minimum Gasteiger partial charge on any atom is -0.481 e. The summed E-state index contributed by atoms with van der Waals surface area (Å²) in [5, 5.41) is 9.67. The Bertz CT molecular complexity index is 809. The number of carboxylic acid groups (broad SMARTS) is 1. The van der Waals surface area contributed by atoms with Crippen molar-refractivity contribution in [2.75, 3.05) is 13.1 Å². The van der Waals surface area contributed by atoms with Gasteiger partial charge in [-0.3, -0.25) is 14.5 Å². The zero-order chi connectivity index (χ0) is 18.1. The number of hydrogen-bond donors (Lipinski definition) is 1. The van der Waals surface area contributed by atoms with E-state index >= 15 is 0 Å². The van der Waals surface area contributed by atoms with E-state index in [0.717, 1.165) is 16.8 Å². The lowest BCUT2D eigenvalue weighted by molar-refractivity contribution is -0.141. The Labute approximate surface area is 147 Å². The van der Waals surface area contributed by atoms with Crippen molar-refractivity contribution in [3.8, 4) is 0 Å². The molecular weight excluding hydrogens is 316 g/mol. The number of aliphatic carboxylic acids is 1. The van der Waals surface area contributed by atoms with Crippen molar-refractivity contribution in [3.05, 3.63) is 58.9 Å². The molecule has 25 heavy (non-hydrogen) atoms. The largest absolute Gasteiger partial charge is 0.481 e. The summed E-state index contributed by atoms with van der Waals surface area (Å²) in [5.74, 6) is -1.11. The van der Waals surface area contributed by atoms with Gasteiger partial charge in [0.1, 0.15) is 0 Å². The van der Waals surface area contributed by atoms with Crippen LogP contribution in [0.3, 0.4) is 0 Å². The molecule has 1 aliphatic heterocycles. The standard InChI is InChI=1S/C20H24N2O3/c1-13-6-4-5-7-17(13)18-11-22(12-19(18)20(24)25)10-16-8-15(14(2)23)9-21(16)3/h4-9,18-19H,10-12H2,1-3H3,(H,24,25). The van der Waals surface area contributed by atoms with E-state index < -0.39 is 11.9 Å².